The van der Waals surface area contributed by atoms with Crippen molar-refractivity contribution in [3.05, 3.63) is 28.7 Å². The first kappa shape index (κ1) is 17.6. The van der Waals surface area contributed by atoms with Crippen LogP contribution in [0.15, 0.2) is 4.52 Å². The highest BCUT2D eigenvalue weighted by Crippen LogP contribution is 2.30. The first-order chi connectivity index (χ1) is 12.0. The number of nitrogens with zero attached hydrogens (tertiary/aromatic N) is 4. The second-order valence-corrected chi connectivity index (χ2v) is 6.93. The highest BCUT2D eigenvalue weighted by atomic mass is 16.5. The minimum absolute atomic E-state index is 0.0138. The highest BCUT2D eigenvalue weighted by molar-refractivity contribution is 5.76. The van der Waals surface area contributed by atoms with Crippen molar-refractivity contribution < 1.29 is 9.32 Å². The summed E-state index contributed by atoms with van der Waals surface area (Å²) in [5.41, 5.74) is 3.25. The lowest BCUT2D eigenvalue weighted by Gasteiger charge is -2.17. The Bertz CT molecular complexity index is 728. The van der Waals surface area contributed by atoms with Crippen LogP contribution in [0.4, 0.5) is 0 Å². The van der Waals surface area contributed by atoms with E-state index in [0.717, 1.165) is 35.6 Å². The Morgan fingerprint density at radius 1 is 1.28 bits per heavy atom. The van der Waals surface area contributed by atoms with Crippen LogP contribution >= 0.6 is 0 Å². The molecule has 2 aromatic heterocycles. The molecule has 0 aromatic carbocycles. The highest BCUT2D eigenvalue weighted by Gasteiger charge is 2.21. The van der Waals surface area contributed by atoms with Crippen molar-refractivity contribution in [2.75, 3.05) is 0 Å². The molecule has 1 N–H and O–H groups in total. The average Bonchev–Trinajstić information content (AvgIpc) is 3.18. The molecule has 1 fully saturated rings. The number of aryl methyl sites for hydroxylation is 2. The summed E-state index contributed by atoms with van der Waals surface area (Å²) in [6, 6.07) is 0. The van der Waals surface area contributed by atoms with Crippen molar-refractivity contribution in [3.63, 3.8) is 0 Å². The SMILES string of the molecule is Cc1nn(C)c(C)c1CCC(=O)NCc1nc(C2CCCCC2)no1. The topological polar surface area (TPSA) is 85.8 Å². The molecule has 7 nitrogen and oxygen atoms in total. The second kappa shape index (κ2) is 7.80. The summed E-state index contributed by atoms with van der Waals surface area (Å²) in [5, 5.41) is 11.3. The zero-order valence-corrected chi connectivity index (χ0v) is 15.3. The maximum atomic E-state index is 12.1. The van der Waals surface area contributed by atoms with E-state index < -0.39 is 0 Å². The van der Waals surface area contributed by atoms with Gasteiger partial charge < -0.3 is 9.84 Å². The van der Waals surface area contributed by atoms with Crippen molar-refractivity contribution in [2.24, 2.45) is 7.05 Å². The lowest BCUT2D eigenvalue weighted by atomic mass is 9.89. The largest absolute Gasteiger partial charge is 0.347 e. The molecule has 1 aliphatic carbocycles. The van der Waals surface area contributed by atoms with Gasteiger partial charge in [-0.25, -0.2) is 0 Å². The predicted octanol–water partition coefficient (Wildman–Crippen LogP) is 2.72. The van der Waals surface area contributed by atoms with Crippen LogP contribution in [0, 0.1) is 13.8 Å². The van der Waals surface area contributed by atoms with E-state index in [1.54, 1.807) is 0 Å². The van der Waals surface area contributed by atoms with Crippen molar-refractivity contribution in [2.45, 2.75) is 71.3 Å². The Hall–Kier alpha value is -2.18. The standard InChI is InChI=1S/C18H27N5O2/c1-12-15(13(2)23(3)21-12)9-10-16(24)19-11-17-20-18(22-25-17)14-7-5-4-6-8-14/h14H,4-11H2,1-3H3,(H,19,24). The minimum atomic E-state index is -0.0138. The van der Waals surface area contributed by atoms with Crippen molar-refractivity contribution in [1.29, 1.82) is 0 Å². The molecule has 1 amide bonds. The summed E-state index contributed by atoms with van der Waals surface area (Å²) < 4.78 is 7.14. The van der Waals surface area contributed by atoms with Crippen LogP contribution in [0.2, 0.25) is 0 Å². The van der Waals surface area contributed by atoms with Gasteiger partial charge >= 0.3 is 0 Å². The van der Waals surface area contributed by atoms with E-state index in [0.29, 0.717) is 31.2 Å². The zero-order valence-electron chi connectivity index (χ0n) is 15.3. The van der Waals surface area contributed by atoms with Crippen LogP contribution in [0.1, 0.15) is 73.1 Å². The molecule has 136 valence electrons. The van der Waals surface area contributed by atoms with Gasteiger partial charge in [-0.3, -0.25) is 9.48 Å². The molecular formula is C18H27N5O2. The summed E-state index contributed by atoms with van der Waals surface area (Å²) >= 11 is 0. The number of hydrogen-bond donors (Lipinski definition) is 1. The number of nitrogens with one attached hydrogen (secondary N) is 1. The molecule has 25 heavy (non-hydrogen) atoms. The zero-order chi connectivity index (χ0) is 17.8. The molecular weight excluding hydrogens is 318 g/mol. The summed E-state index contributed by atoms with van der Waals surface area (Å²) in [7, 11) is 1.92. The van der Waals surface area contributed by atoms with Crippen molar-refractivity contribution >= 4 is 5.91 Å². The molecule has 1 aliphatic rings. The van der Waals surface area contributed by atoms with E-state index in [1.807, 2.05) is 25.6 Å². The van der Waals surface area contributed by atoms with Gasteiger partial charge in [-0.1, -0.05) is 24.4 Å². The summed E-state index contributed by atoms with van der Waals surface area (Å²) in [6.45, 7) is 4.30. The van der Waals surface area contributed by atoms with Crippen molar-refractivity contribution in [3.8, 4) is 0 Å². The van der Waals surface area contributed by atoms with Gasteiger partial charge in [-0.05, 0) is 38.7 Å². The number of hydrogen-bond acceptors (Lipinski definition) is 5. The van der Waals surface area contributed by atoms with Crippen LogP contribution in [-0.2, 0) is 24.8 Å². The van der Waals surface area contributed by atoms with E-state index in [4.69, 9.17) is 4.52 Å². The molecule has 0 atom stereocenters. The van der Waals surface area contributed by atoms with Crippen molar-refractivity contribution in [1.82, 2.24) is 25.2 Å². The average molecular weight is 345 g/mol. The molecule has 1 saturated carbocycles. The Balaban J connectivity index is 1.47. The number of carbonyl (C=O) groups is 1. The van der Waals surface area contributed by atoms with Gasteiger partial charge in [0.15, 0.2) is 5.82 Å². The summed E-state index contributed by atoms with van der Waals surface area (Å²) in [6.07, 6.45) is 7.15. The Labute approximate surface area is 148 Å². The lowest BCUT2D eigenvalue weighted by Crippen LogP contribution is -2.23. The number of amides is 1. The molecule has 0 bridgehead atoms. The summed E-state index contributed by atoms with van der Waals surface area (Å²) in [5.74, 6) is 1.69. The molecule has 0 radical (unpaired) electrons. The molecule has 3 rings (SSSR count). The Kier molecular flexibility index (Phi) is 5.50. The Morgan fingerprint density at radius 3 is 2.72 bits per heavy atom. The van der Waals surface area contributed by atoms with Gasteiger partial charge in [0.2, 0.25) is 11.8 Å². The van der Waals surface area contributed by atoms with Crippen LogP contribution in [-0.4, -0.2) is 25.8 Å². The van der Waals surface area contributed by atoms with Gasteiger partial charge in [-0.2, -0.15) is 10.1 Å². The van der Waals surface area contributed by atoms with Crippen LogP contribution < -0.4 is 5.32 Å². The molecule has 2 heterocycles. The molecule has 0 unspecified atom stereocenters. The fourth-order valence-corrected chi connectivity index (χ4v) is 3.55. The fraction of sp³-hybridized carbons (Fsp3) is 0.667. The smallest absolute Gasteiger partial charge is 0.246 e. The maximum absolute atomic E-state index is 12.1. The van der Waals surface area contributed by atoms with Gasteiger partial charge in [0.1, 0.15) is 0 Å². The van der Waals surface area contributed by atoms with Gasteiger partial charge in [0.25, 0.3) is 0 Å². The molecule has 0 saturated heterocycles. The number of carbonyl (C=O) groups excluding carboxylic acids is 1. The first-order valence-corrected chi connectivity index (χ1v) is 9.13. The van der Waals surface area contributed by atoms with E-state index in [-0.39, 0.29) is 5.91 Å². The van der Waals surface area contributed by atoms with Gasteiger partial charge in [0.05, 0.1) is 12.2 Å². The normalized spacial score (nSPS) is 15.5. The van der Waals surface area contributed by atoms with Crippen LogP contribution in [0.3, 0.4) is 0 Å². The van der Waals surface area contributed by atoms with Gasteiger partial charge in [0, 0.05) is 25.1 Å². The second-order valence-electron chi connectivity index (χ2n) is 6.93. The lowest BCUT2D eigenvalue weighted by molar-refractivity contribution is -0.121. The molecule has 0 aliphatic heterocycles. The number of aromatic nitrogens is 4. The van der Waals surface area contributed by atoms with Crippen LogP contribution in [0.25, 0.3) is 0 Å². The fourth-order valence-electron chi connectivity index (χ4n) is 3.55. The third kappa shape index (κ3) is 4.27. The van der Waals surface area contributed by atoms with E-state index in [9.17, 15) is 4.79 Å². The van der Waals surface area contributed by atoms with Gasteiger partial charge in [-0.15, -0.1) is 0 Å². The van der Waals surface area contributed by atoms with E-state index in [2.05, 4.69) is 20.6 Å². The molecule has 7 heteroatoms. The van der Waals surface area contributed by atoms with Crippen LogP contribution in [0.5, 0.6) is 0 Å². The molecule has 2 aromatic rings. The van der Waals surface area contributed by atoms with E-state index >= 15 is 0 Å². The first-order valence-electron chi connectivity index (χ1n) is 9.13. The summed E-state index contributed by atoms with van der Waals surface area (Å²) in [4.78, 5) is 16.5. The quantitative estimate of drug-likeness (QED) is 0.870. The maximum Gasteiger partial charge on any atom is 0.246 e. The number of rotatable bonds is 6. The molecule has 0 spiro atoms. The Morgan fingerprint density at radius 2 is 2.04 bits per heavy atom. The third-order valence-electron chi connectivity index (χ3n) is 5.15. The monoisotopic (exact) mass is 345 g/mol. The predicted molar refractivity (Wildman–Crippen MR) is 93.0 cm³/mol. The third-order valence-corrected chi connectivity index (χ3v) is 5.15. The van der Waals surface area contributed by atoms with E-state index in [1.165, 1.54) is 19.3 Å². The minimum Gasteiger partial charge on any atom is -0.347 e.